The van der Waals surface area contributed by atoms with E-state index in [4.69, 9.17) is 0 Å². The molecule has 43 valence electrons. The predicted molar refractivity (Wildman–Crippen MR) is 22.9 cm³/mol. The average Bonchev–Trinajstić information content (AvgIpc) is 0. The standard InChI is InChI=1S/CH4.Cr.Mn.Ni.H2S.Si/h1H4;;;;1H2;. The van der Waals surface area contributed by atoms with E-state index in [1.165, 1.54) is 0 Å². The quantitative estimate of drug-likeness (QED) is 0.539. The van der Waals surface area contributed by atoms with E-state index in [1.54, 1.807) is 0 Å². The molecule has 0 heterocycles. The third kappa shape index (κ3) is 35.8. The fourth-order valence-electron chi connectivity index (χ4n) is 0. The maximum atomic E-state index is 0. The Bertz CT molecular complexity index is 15.5. The van der Waals surface area contributed by atoms with Gasteiger partial charge in [0, 0.05) is 61.9 Å². The van der Waals surface area contributed by atoms with Crippen molar-refractivity contribution >= 4 is 24.5 Å². The number of hydrogen-bond donors (Lipinski definition) is 0. The van der Waals surface area contributed by atoms with Crippen LogP contribution >= 0.6 is 13.5 Å². The zero-order valence-electron chi connectivity index (χ0n) is 2.10. The van der Waals surface area contributed by atoms with E-state index in [1.807, 2.05) is 0 Å². The van der Waals surface area contributed by atoms with Crippen LogP contribution in [0.1, 0.15) is 7.43 Å². The summed E-state index contributed by atoms with van der Waals surface area (Å²) in [6.45, 7) is 0. The van der Waals surface area contributed by atoms with Crippen LogP contribution in [-0.2, 0) is 50.9 Å². The number of rotatable bonds is 0. The topological polar surface area (TPSA) is 0 Å². The van der Waals surface area contributed by atoms with Gasteiger partial charge in [0.25, 0.3) is 0 Å². The summed E-state index contributed by atoms with van der Waals surface area (Å²) in [5, 5.41) is 0. The van der Waals surface area contributed by atoms with Crippen LogP contribution in [0, 0.1) is 0 Å². The monoisotopic (exact) mass is 243 g/mol. The molecule has 6 heavy (non-hydrogen) atoms. The Morgan fingerprint density at radius 2 is 1.00 bits per heavy atom. The molecule has 0 nitrogen and oxygen atoms in total. The van der Waals surface area contributed by atoms with Crippen molar-refractivity contribution in [2.75, 3.05) is 0 Å². The van der Waals surface area contributed by atoms with E-state index in [0.717, 1.165) is 0 Å². The van der Waals surface area contributed by atoms with E-state index in [9.17, 15) is 0 Å². The zero-order chi connectivity index (χ0) is 0. The number of hydrogen-bond acceptors (Lipinski definition) is 0. The van der Waals surface area contributed by atoms with E-state index in [2.05, 4.69) is 0 Å². The Morgan fingerprint density at radius 1 is 1.00 bits per heavy atom. The Balaban J connectivity index is 0. The fraction of sp³-hybridized carbons (Fsp3) is 1.00. The van der Waals surface area contributed by atoms with Crippen molar-refractivity contribution in [2.24, 2.45) is 0 Å². The van der Waals surface area contributed by atoms with Crippen LogP contribution in [0.5, 0.6) is 0 Å². The molecule has 0 aromatic heterocycles. The first-order valence-electron chi connectivity index (χ1n) is 0. The third-order valence-electron chi connectivity index (χ3n) is 0. The summed E-state index contributed by atoms with van der Waals surface area (Å²) in [5.74, 6) is 0. The Morgan fingerprint density at radius 3 is 1.00 bits per heavy atom. The van der Waals surface area contributed by atoms with Gasteiger partial charge < -0.3 is 0 Å². The van der Waals surface area contributed by atoms with Gasteiger partial charge in [-0.2, -0.15) is 13.5 Å². The predicted octanol–water partition coefficient (Wildman–Crippen LogP) is 0.361. The molecule has 0 saturated heterocycles. The summed E-state index contributed by atoms with van der Waals surface area (Å²) in [4.78, 5) is 0. The van der Waals surface area contributed by atoms with E-state index in [0.29, 0.717) is 0 Å². The Labute approximate surface area is 82.2 Å². The van der Waals surface area contributed by atoms with Crippen molar-refractivity contribution in [3.63, 3.8) is 0 Å². The van der Waals surface area contributed by atoms with Crippen molar-refractivity contribution in [1.29, 1.82) is 0 Å². The molecule has 0 unspecified atom stereocenters. The van der Waals surface area contributed by atoms with Gasteiger partial charge in [-0.1, -0.05) is 7.43 Å². The first-order valence-corrected chi connectivity index (χ1v) is 0. The van der Waals surface area contributed by atoms with Gasteiger partial charge in [0.05, 0.1) is 0 Å². The molecule has 5 radical (unpaired) electrons. The minimum Gasteiger partial charge on any atom is -0.197 e. The molecule has 0 N–H and O–H groups in total. The summed E-state index contributed by atoms with van der Waals surface area (Å²) in [5.41, 5.74) is 0. The molecule has 0 amide bonds. The molecule has 0 bridgehead atoms. The third-order valence-corrected chi connectivity index (χ3v) is 0. The van der Waals surface area contributed by atoms with E-state index >= 15 is 0 Å². The second-order valence-electron chi connectivity index (χ2n) is 0. The molecular weight excluding hydrogens is 238 g/mol. The SMILES string of the molecule is C.S.[Cr].[Mn].[Ni].[Si]. The molecule has 0 rings (SSSR count). The molecule has 0 fully saturated rings. The van der Waals surface area contributed by atoms with Gasteiger partial charge in [0.2, 0.25) is 0 Å². The minimum absolute atomic E-state index is 0. The first kappa shape index (κ1) is 92.0. The van der Waals surface area contributed by atoms with Crippen LogP contribution in [0.2, 0.25) is 0 Å². The van der Waals surface area contributed by atoms with Crippen LogP contribution in [0.15, 0.2) is 0 Å². The van der Waals surface area contributed by atoms with Crippen molar-refractivity contribution < 1.29 is 50.9 Å². The Hall–Kier alpha value is 2.11. The second-order valence-corrected chi connectivity index (χ2v) is 0. The van der Waals surface area contributed by atoms with E-state index in [-0.39, 0.29) is 82.8 Å². The molecule has 0 aliphatic rings. The molecule has 0 aliphatic heterocycles. The Kier molecular flexibility index (Phi) is 913. The second kappa shape index (κ2) is 59.6. The molecule has 5 heteroatoms. The molecule has 0 spiro atoms. The summed E-state index contributed by atoms with van der Waals surface area (Å²) in [6, 6.07) is 0. The molecular formula is CH6CrMnNiSSi. The largest absolute Gasteiger partial charge is 0.197 e. The van der Waals surface area contributed by atoms with Crippen molar-refractivity contribution in [1.82, 2.24) is 0 Å². The minimum atomic E-state index is 0. The van der Waals surface area contributed by atoms with E-state index < -0.39 is 0 Å². The van der Waals surface area contributed by atoms with Gasteiger partial charge in [0.15, 0.2) is 0 Å². The van der Waals surface area contributed by atoms with Gasteiger partial charge >= 0.3 is 0 Å². The van der Waals surface area contributed by atoms with Crippen LogP contribution in [-0.4, -0.2) is 11.0 Å². The summed E-state index contributed by atoms with van der Waals surface area (Å²) < 4.78 is 0. The van der Waals surface area contributed by atoms with Crippen molar-refractivity contribution in [3.8, 4) is 0 Å². The molecule has 0 aromatic rings. The maximum absolute atomic E-state index is 0. The first-order chi connectivity index (χ1) is 0. The molecule has 0 saturated carbocycles. The van der Waals surface area contributed by atoms with Gasteiger partial charge in [-0.3, -0.25) is 0 Å². The van der Waals surface area contributed by atoms with Crippen LogP contribution in [0.25, 0.3) is 0 Å². The molecule has 0 atom stereocenters. The summed E-state index contributed by atoms with van der Waals surface area (Å²) in [7, 11) is 0. The van der Waals surface area contributed by atoms with Crippen molar-refractivity contribution in [2.45, 2.75) is 7.43 Å². The maximum Gasteiger partial charge on any atom is 0 e. The fourth-order valence-corrected chi connectivity index (χ4v) is 0. The zero-order valence-corrected chi connectivity index (χ0v) is 7.55. The average molecular weight is 244 g/mol. The normalized spacial score (nSPS) is 0. The van der Waals surface area contributed by atoms with Gasteiger partial charge in [-0.15, -0.1) is 0 Å². The molecule has 0 aliphatic carbocycles. The van der Waals surface area contributed by atoms with Gasteiger partial charge in [-0.25, -0.2) is 0 Å². The molecule has 0 aromatic carbocycles. The van der Waals surface area contributed by atoms with Crippen molar-refractivity contribution in [3.05, 3.63) is 0 Å². The van der Waals surface area contributed by atoms with Gasteiger partial charge in [0.1, 0.15) is 0 Å². The smallest absolute Gasteiger partial charge is 0 e. The summed E-state index contributed by atoms with van der Waals surface area (Å²) >= 11 is 0. The van der Waals surface area contributed by atoms with Crippen LogP contribution in [0.4, 0.5) is 0 Å². The van der Waals surface area contributed by atoms with Crippen LogP contribution in [0.3, 0.4) is 0 Å². The van der Waals surface area contributed by atoms with Crippen LogP contribution < -0.4 is 0 Å². The summed E-state index contributed by atoms with van der Waals surface area (Å²) in [6.07, 6.45) is 0. The van der Waals surface area contributed by atoms with Gasteiger partial charge in [-0.05, 0) is 0 Å².